The van der Waals surface area contributed by atoms with Gasteiger partial charge in [-0.05, 0) is 65.8 Å². The van der Waals surface area contributed by atoms with Crippen LogP contribution in [-0.2, 0) is 9.47 Å². The van der Waals surface area contributed by atoms with Gasteiger partial charge in [-0.2, -0.15) is 0 Å². The van der Waals surface area contributed by atoms with Crippen molar-refractivity contribution in [1.29, 1.82) is 0 Å². The molecule has 6 rings (SSSR count). The molecule has 258 valence electrons. The number of carbonyl (C=O) groups is 2. The Bertz CT molecular complexity index is 1770. The van der Waals surface area contributed by atoms with Crippen molar-refractivity contribution in [2.75, 3.05) is 67.9 Å². The van der Waals surface area contributed by atoms with E-state index in [1.807, 2.05) is 64.6 Å². The fourth-order valence-corrected chi connectivity index (χ4v) is 5.62. The molecule has 2 N–H and O–H groups in total. The number of carbonyl (C=O) groups excluding carboxylic acids is 2. The van der Waals surface area contributed by atoms with Crippen LogP contribution in [0.2, 0.25) is 0 Å². The topological polar surface area (TPSA) is 161 Å². The van der Waals surface area contributed by atoms with Crippen LogP contribution in [0.3, 0.4) is 0 Å². The number of hydrogen-bond acceptors (Lipinski definition) is 11. The summed E-state index contributed by atoms with van der Waals surface area (Å²) in [6.07, 6.45) is 2.60. The number of anilines is 3. The Labute approximate surface area is 279 Å². The molecule has 0 bridgehead atoms. The fraction of sp³-hybridized carbons (Fsp3) is 0.471. The second-order valence-corrected chi connectivity index (χ2v) is 13.8. The van der Waals surface area contributed by atoms with Crippen molar-refractivity contribution in [3.63, 3.8) is 0 Å². The number of rotatable bonds is 3. The minimum Gasteiger partial charge on any atom is -0.462 e. The summed E-state index contributed by atoms with van der Waals surface area (Å²) >= 11 is 0. The number of amides is 2. The molecule has 2 amide bonds. The third-order valence-corrected chi connectivity index (χ3v) is 7.83. The van der Waals surface area contributed by atoms with E-state index in [0.717, 1.165) is 29.7 Å². The minimum atomic E-state index is -0.533. The number of piperazine rings is 2. The normalized spacial score (nSPS) is 15.7. The molecule has 4 heterocycles. The summed E-state index contributed by atoms with van der Waals surface area (Å²) in [7, 11) is 0. The Morgan fingerprint density at radius 2 is 1.12 bits per heavy atom. The molecule has 14 nitrogen and oxygen atoms in total. The smallest absolute Gasteiger partial charge is 0.410 e. The number of fused-ring (bicyclic) bond motifs is 2. The number of nitro groups is 1. The third-order valence-electron chi connectivity index (χ3n) is 7.83. The summed E-state index contributed by atoms with van der Waals surface area (Å²) in [4.78, 5) is 42.6. The molecule has 48 heavy (non-hydrogen) atoms. The SMILES string of the molecule is CC(C)(C)OC(=O)N1CCN(c2cc(N)cc3ccoc23)CC1.CC(C)(C)OC(=O)N1CCN(c2cc([N+](=O)[O-])cc3ccoc23)CC1. The van der Waals surface area contributed by atoms with Crippen LogP contribution >= 0.6 is 0 Å². The van der Waals surface area contributed by atoms with Gasteiger partial charge in [-0.1, -0.05) is 0 Å². The van der Waals surface area contributed by atoms with E-state index in [9.17, 15) is 19.7 Å². The van der Waals surface area contributed by atoms with Gasteiger partial charge in [-0.15, -0.1) is 0 Å². The van der Waals surface area contributed by atoms with Gasteiger partial charge >= 0.3 is 12.2 Å². The van der Waals surface area contributed by atoms with Crippen LogP contribution in [0.4, 0.5) is 32.3 Å². The standard InChI is InChI=1S/C17H21N3O5.C17H23N3O3/c1-17(2,3)25-16(21)19-7-5-18(6-8-19)14-11-13(20(22)23)10-12-4-9-24-15(12)14;1-17(2,3)23-16(21)20-7-5-19(6-8-20)14-11-13(18)10-12-4-9-22-15(12)14/h4,9-11H,5-8H2,1-3H3;4,9-11H,5-8,18H2,1-3H3. The molecule has 2 saturated heterocycles. The van der Waals surface area contributed by atoms with Gasteiger partial charge in [0.15, 0.2) is 11.2 Å². The van der Waals surface area contributed by atoms with Crippen LogP contribution in [0, 0.1) is 10.1 Å². The van der Waals surface area contributed by atoms with Crippen molar-refractivity contribution < 1.29 is 32.8 Å². The molecule has 2 fully saturated rings. The number of nitrogen functional groups attached to an aromatic ring is 1. The highest BCUT2D eigenvalue weighted by atomic mass is 16.6. The number of ether oxygens (including phenoxy) is 2. The average molecular weight is 665 g/mol. The molecule has 0 saturated carbocycles. The van der Waals surface area contributed by atoms with Gasteiger partial charge in [-0.3, -0.25) is 10.1 Å². The first-order chi connectivity index (χ1) is 22.6. The molecule has 2 aliphatic heterocycles. The van der Waals surface area contributed by atoms with E-state index in [2.05, 4.69) is 4.90 Å². The lowest BCUT2D eigenvalue weighted by atomic mass is 10.1. The van der Waals surface area contributed by atoms with E-state index >= 15 is 0 Å². The molecule has 4 aromatic rings. The molecule has 2 aromatic carbocycles. The fourth-order valence-electron chi connectivity index (χ4n) is 5.62. The van der Waals surface area contributed by atoms with Crippen LogP contribution in [0.25, 0.3) is 21.9 Å². The highest BCUT2D eigenvalue weighted by molar-refractivity contribution is 5.93. The van der Waals surface area contributed by atoms with Crippen molar-refractivity contribution in [3.8, 4) is 0 Å². The Hall–Kier alpha value is -5.14. The second kappa shape index (κ2) is 13.5. The Morgan fingerprint density at radius 1 is 0.708 bits per heavy atom. The highest BCUT2D eigenvalue weighted by Crippen LogP contribution is 2.34. The predicted molar refractivity (Wildman–Crippen MR) is 184 cm³/mol. The molecule has 14 heteroatoms. The first-order valence-electron chi connectivity index (χ1n) is 16.0. The van der Waals surface area contributed by atoms with Gasteiger partial charge in [0.05, 0.1) is 28.8 Å². The third kappa shape index (κ3) is 8.22. The largest absolute Gasteiger partial charge is 0.462 e. The number of nitrogens with two attached hydrogens (primary N) is 1. The van der Waals surface area contributed by atoms with Gasteiger partial charge in [0, 0.05) is 81.0 Å². The molecule has 0 aliphatic carbocycles. The van der Waals surface area contributed by atoms with E-state index in [0.29, 0.717) is 61.6 Å². The maximum absolute atomic E-state index is 12.1. The number of nitro benzene ring substituents is 1. The Morgan fingerprint density at radius 3 is 1.54 bits per heavy atom. The summed E-state index contributed by atoms with van der Waals surface area (Å²) in [6.45, 7) is 15.9. The molecule has 0 radical (unpaired) electrons. The van der Waals surface area contributed by atoms with Crippen LogP contribution < -0.4 is 15.5 Å². The monoisotopic (exact) mass is 664 g/mol. The summed E-state index contributed by atoms with van der Waals surface area (Å²) in [5, 5.41) is 12.9. The molecular formula is C34H44N6O8. The second-order valence-electron chi connectivity index (χ2n) is 13.8. The number of non-ortho nitro benzene ring substituents is 1. The lowest BCUT2D eigenvalue weighted by Crippen LogP contribution is -2.50. The predicted octanol–water partition coefficient (Wildman–Crippen LogP) is 6.47. The quantitative estimate of drug-likeness (QED) is 0.145. The Kier molecular flexibility index (Phi) is 9.64. The minimum absolute atomic E-state index is 0.0264. The summed E-state index contributed by atoms with van der Waals surface area (Å²) in [6, 6.07) is 10.5. The molecule has 0 spiro atoms. The lowest BCUT2D eigenvalue weighted by Gasteiger charge is -2.36. The maximum Gasteiger partial charge on any atom is 0.410 e. The van der Waals surface area contributed by atoms with E-state index < -0.39 is 16.1 Å². The van der Waals surface area contributed by atoms with Crippen LogP contribution in [0.5, 0.6) is 0 Å². The zero-order valence-corrected chi connectivity index (χ0v) is 28.4. The van der Waals surface area contributed by atoms with E-state index in [-0.39, 0.29) is 17.9 Å². The molecule has 2 aromatic heterocycles. The lowest BCUT2D eigenvalue weighted by molar-refractivity contribution is -0.384. The highest BCUT2D eigenvalue weighted by Gasteiger charge is 2.29. The molecule has 0 atom stereocenters. The average Bonchev–Trinajstić information content (AvgIpc) is 3.69. The zero-order valence-electron chi connectivity index (χ0n) is 28.4. The maximum atomic E-state index is 12.1. The summed E-state index contributed by atoms with van der Waals surface area (Å²) < 4.78 is 21.9. The van der Waals surface area contributed by atoms with Crippen molar-refractivity contribution in [2.45, 2.75) is 52.7 Å². The van der Waals surface area contributed by atoms with Crippen LogP contribution in [-0.4, -0.2) is 90.5 Å². The summed E-state index contributed by atoms with van der Waals surface area (Å²) in [5.41, 5.74) is 8.84. The van der Waals surface area contributed by atoms with Crippen molar-refractivity contribution >= 4 is 56.9 Å². The van der Waals surface area contributed by atoms with Gasteiger partial charge in [-0.25, -0.2) is 9.59 Å². The van der Waals surface area contributed by atoms with E-state index in [1.165, 1.54) is 18.4 Å². The zero-order chi connectivity index (χ0) is 34.8. The number of benzene rings is 2. The van der Waals surface area contributed by atoms with E-state index in [4.69, 9.17) is 24.0 Å². The van der Waals surface area contributed by atoms with Crippen molar-refractivity contribution in [2.24, 2.45) is 0 Å². The Balaban J connectivity index is 0.000000188. The molecule has 0 unspecified atom stereocenters. The van der Waals surface area contributed by atoms with Crippen molar-refractivity contribution in [3.05, 3.63) is 59.0 Å². The van der Waals surface area contributed by atoms with Gasteiger partial charge in [0.2, 0.25) is 0 Å². The van der Waals surface area contributed by atoms with E-state index in [1.54, 1.807) is 22.1 Å². The number of furan rings is 2. The van der Waals surface area contributed by atoms with Gasteiger partial charge < -0.3 is 43.6 Å². The van der Waals surface area contributed by atoms with Gasteiger partial charge in [0.25, 0.3) is 5.69 Å². The first-order valence-corrected chi connectivity index (χ1v) is 16.0. The van der Waals surface area contributed by atoms with Crippen LogP contribution in [0.1, 0.15) is 41.5 Å². The summed E-state index contributed by atoms with van der Waals surface area (Å²) in [5.74, 6) is 0. The molecular weight excluding hydrogens is 620 g/mol. The van der Waals surface area contributed by atoms with Crippen LogP contribution in [0.15, 0.2) is 57.8 Å². The number of hydrogen-bond donors (Lipinski definition) is 1. The molecule has 2 aliphatic rings. The van der Waals surface area contributed by atoms with Crippen molar-refractivity contribution in [1.82, 2.24) is 9.80 Å². The number of nitrogens with zero attached hydrogens (tertiary/aromatic N) is 5. The van der Waals surface area contributed by atoms with Gasteiger partial charge in [0.1, 0.15) is 11.2 Å². The first kappa shape index (κ1) is 34.2.